The first-order chi connectivity index (χ1) is 13.2. The van der Waals surface area contributed by atoms with Crippen molar-refractivity contribution >= 4 is 17.4 Å². The Labute approximate surface area is 164 Å². The zero-order valence-corrected chi connectivity index (χ0v) is 16.7. The molecule has 1 aliphatic heterocycles. The molecular weight excluding hydrogens is 354 g/mol. The molecule has 0 spiro atoms. The van der Waals surface area contributed by atoms with Gasteiger partial charge in [0, 0.05) is 42.7 Å². The van der Waals surface area contributed by atoms with Crippen molar-refractivity contribution in [2.45, 2.75) is 46.1 Å². The van der Waals surface area contributed by atoms with Gasteiger partial charge in [0.1, 0.15) is 0 Å². The molecule has 1 fully saturated rings. The Bertz CT molecular complexity index is 974. The molecule has 2 aliphatic rings. The van der Waals surface area contributed by atoms with Crippen molar-refractivity contribution in [1.82, 2.24) is 4.57 Å². The van der Waals surface area contributed by atoms with Crippen LogP contribution in [0.15, 0.2) is 24.4 Å². The van der Waals surface area contributed by atoms with Gasteiger partial charge < -0.3 is 20.3 Å². The lowest BCUT2D eigenvalue weighted by molar-refractivity contribution is 0.0909. The third-order valence-corrected chi connectivity index (χ3v) is 5.89. The number of aliphatic hydroxyl groups is 1. The predicted octanol–water partition coefficient (Wildman–Crippen LogP) is 2.61. The molecule has 0 bridgehead atoms. The number of aromatic nitrogens is 1. The van der Waals surface area contributed by atoms with E-state index in [1.807, 2.05) is 30.2 Å². The Morgan fingerprint density at radius 1 is 1.29 bits per heavy atom. The first-order valence-electron chi connectivity index (χ1n) is 9.77. The normalized spacial score (nSPS) is 21.1. The standard InChI is InChI=1S/C22H27N3O3/c1-13-11-25(18-9-22(2,3)10-19(27)20(13)18)14-4-5-16(21(23)28)17(8-14)24-7-6-15(26)12-24/h4-5,8,11,15,26H,6-7,9-10,12H2,1-3H3,(H2,23,28). The minimum Gasteiger partial charge on any atom is -0.391 e. The molecule has 4 rings (SSSR count). The van der Waals surface area contributed by atoms with Crippen LogP contribution in [-0.4, -0.2) is 40.6 Å². The number of hydrogen-bond donors (Lipinski definition) is 2. The molecular formula is C22H27N3O3. The zero-order valence-electron chi connectivity index (χ0n) is 16.7. The monoisotopic (exact) mass is 381 g/mol. The lowest BCUT2D eigenvalue weighted by Crippen LogP contribution is -2.28. The lowest BCUT2D eigenvalue weighted by atomic mass is 9.75. The summed E-state index contributed by atoms with van der Waals surface area (Å²) < 4.78 is 2.07. The van der Waals surface area contributed by atoms with Crippen molar-refractivity contribution in [3.63, 3.8) is 0 Å². The topological polar surface area (TPSA) is 88.6 Å². The first-order valence-corrected chi connectivity index (χ1v) is 9.77. The van der Waals surface area contributed by atoms with E-state index in [1.54, 1.807) is 6.07 Å². The quantitative estimate of drug-likeness (QED) is 0.855. The van der Waals surface area contributed by atoms with E-state index in [4.69, 9.17) is 5.73 Å². The van der Waals surface area contributed by atoms with Crippen LogP contribution in [0.4, 0.5) is 5.69 Å². The summed E-state index contributed by atoms with van der Waals surface area (Å²) >= 11 is 0. The number of fused-ring (bicyclic) bond motifs is 1. The van der Waals surface area contributed by atoms with Crippen LogP contribution in [0.3, 0.4) is 0 Å². The maximum absolute atomic E-state index is 12.7. The summed E-state index contributed by atoms with van der Waals surface area (Å²) in [6.07, 6.45) is 3.65. The largest absolute Gasteiger partial charge is 0.391 e. The number of hydrogen-bond acceptors (Lipinski definition) is 4. The smallest absolute Gasteiger partial charge is 0.250 e. The van der Waals surface area contributed by atoms with Gasteiger partial charge in [0.15, 0.2) is 5.78 Å². The van der Waals surface area contributed by atoms with Crippen molar-refractivity contribution in [2.24, 2.45) is 11.1 Å². The fourth-order valence-electron chi connectivity index (χ4n) is 4.61. The summed E-state index contributed by atoms with van der Waals surface area (Å²) in [5.74, 6) is -0.288. The summed E-state index contributed by atoms with van der Waals surface area (Å²) in [5.41, 5.74) is 10.4. The Morgan fingerprint density at radius 3 is 2.68 bits per heavy atom. The van der Waals surface area contributed by atoms with Gasteiger partial charge in [-0.05, 0) is 48.9 Å². The van der Waals surface area contributed by atoms with Gasteiger partial charge in [-0.25, -0.2) is 0 Å². The summed E-state index contributed by atoms with van der Waals surface area (Å²) in [6.45, 7) is 7.37. The SMILES string of the molecule is Cc1cn(-c2ccc(C(N)=O)c(N3CCC(O)C3)c2)c2c1C(=O)CC(C)(C)C2. The van der Waals surface area contributed by atoms with E-state index in [-0.39, 0.29) is 11.2 Å². The van der Waals surface area contributed by atoms with E-state index in [9.17, 15) is 14.7 Å². The van der Waals surface area contributed by atoms with Gasteiger partial charge >= 0.3 is 0 Å². The van der Waals surface area contributed by atoms with E-state index in [1.165, 1.54) is 0 Å². The maximum atomic E-state index is 12.7. The Balaban J connectivity index is 1.84. The van der Waals surface area contributed by atoms with Crippen LogP contribution < -0.4 is 10.6 Å². The molecule has 1 saturated heterocycles. The molecule has 2 aromatic rings. The second-order valence-corrected chi connectivity index (χ2v) is 8.90. The number of β-amino-alcohol motifs (C(OH)–C–C–N with tert-alkyl or cyclic N) is 1. The van der Waals surface area contributed by atoms with Crippen LogP contribution >= 0.6 is 0 Å². The van der Waals surface area contributed by atoms with Gasteiger partial charge in [0.25, 0.3) is 5.91 Å². The molecule has 1 aliphatic carbocycles. The number of Topliss-reactive ketones (excluding diaryl/α,β-unsaturated/α-hetero) is 1. The summed E-state index contributed by atoms with van der Waals surface area (Å²) in [5, 5.41) is 9.92. The van der Waals surface area contributed by atoms with Gasteiger partial charge in [-0.15, -0.1) is 0 Å². The average Bonchev–Trinajstić information content (AvgIpc) is 3.16. The maximum Gasteiger partial charge on any atom is 0.250 e. The third kappa shape index (κ3) is 3.11. The number of ketones is 1. The van der Waals surface area contributed by atoms with Gasteiger partial charge in [-0.2, -0.15) is 0 Å². The van der Waals surface area contributed by atoms with Gasteiger partial charge in [0.2, 0.25) is 0 Å². The molecule has 1 aromatic heterocycles. The Hall–Kier alpha value is -2.60. The van der Waals surface area contributed by atoms with Crippen LogP contribution in [-0.2, 0) is 6.42 Å². The highest BCUT2D eigenvalue weighted by atomic mass is 16.3. The predicted molar refractivity (Wildman–Crippen MR) is 108 cm³/mol. The van der Waals surface area contributed by atoms with Crippen LogP contribution in [0, 0.1) is 12.3 Å². The molecule has 148 valence electrons. The molecule has 1 atom stereocenters. The number of nitrogens with two attached hydrogens (primary N) is 1. The third-order valence-electron chi connectivity index (χ3n) is 5.89. The minimum absolute atomic E-state index is 0.0817. The van der Waals surface area contributed by atoms with Crippen LogP contribution in [0.5, 0.6) is 0 Å². The van der Waals surface area contributed by atoms with Crippen molar-refractivity contribution in [1.29, 1.82) is 0 Å². The van der Waals surface area contributed by atoms with Crippen molar-refractivity contribution in [3.05, 3.63) is 46.8 Å². The molecule has 1 amide bonds. The number of nitrogens with zero attached hydrogens (tertiary/aromatic N) is 2. The van der Waals surface area contributed by atoms with Gasteiger partial charge in [-0.3, -0.25) is 9.59 Å². The fourth-order valence-corrected chi connectivity index (χ4v) is 4.61. The van der Waals surface area contributed by atoms with Crippen molar-refractivity contribution < 1.29 is 14.7 Å². The van der Waals surface area contributed by atoms with Crippen molar-refractivity contribution in [2.75, 3.05) is 18.0 Å². The molecule has 6 nitrogen and oxygen atoms in total. The molecule has 0 saturated carbocycles. The van der Waals surface area contributed by atoms with E-state index in [0.717, 1.165) is 34.6 Å². The number of aryl methyl sites for hydroxylation is 1. The first kappa shape index (κ1) is 18.7. The summed E-state index contributed by atoms with van der Waals surface area (Å²) in [7, 11) is 0. The number of carbonyl (C=O) groups is 2. The molecule has 28 heavy (non-hydrogen) atoms. The van der Waals surface area contributed by atoms with E-state index >= 15 is 0 Å². The van der Waals surface area contributed by atoms with Gasteiger partial charge in [-0.1, -0.05) is 13.8 Å². The Morgan fingerprint density at radius 2 is 2.04 bits per heavy atom. The number of rotatable bonds is 3. The zero-order chi connectivity index (χ0) is 20.2. The lowest BCUT2D eigenvalue weighted by Gasteiger charge is -2.30. The van der Waals surface area contributed by atoms with Crippen LogP contribution in [0.2, 0.25) is 0 Å². The molecule has 2 heterocycles. The van der Waals surface area contributed by atoms with Crippen molar-refractivity contribution in [3.8, 4) is 5.69 Å². The highest BCUT2D eigenvalue weighted by Crippen LogP contribution is 2.38. The molecule has 1 unspecified atom stereocenters. The summed E-state index contributed by atoms with van der Waals surface area (Å²) in [4.78, 5) is 26.7. The highest BCUT2D eigenvalue weighted by molar-refractivity contribution is 6.01. The van der Waals surface area contributed by atoms with Crippen LogP contribution in [0.25, 0.3) is 5.69 Å². The van der Waals surface area contributed by atoms with Crippen LogP contribution in [0.1, 0.15) is 58.7 Å². The highest BCUT2D eigenvalue weighted by Gasteiger charge is 2.35. The molecule has 0 radical (unpaired) electrons. The number of amides is 1. The second kappa shape index (κ2) is 6.48. The van der Waals surface area contributed by atoms with E-state index in [0.29, 0.717) is 31.5 Å². The molecule has 3 N–H and O–H groups in total. The average molecular weight is 381 g/mol. The second-order valence-electron chi connectivity index (χ2n) is 8.90. The number of benzene rings is 1. The molecule has 6 heteroatoms. The number of carbonyl (C=O) groups excluding carboxylic acids is 2. The Kier molecular flexibility index (Phi) is 4.34. The van der Waals surface area contributed by atoms with E-state index in [2.05, 4.69) is 18.4 Å². The molecule has 1 aromatic carbocycles. The van der Waals surface area contributed by atoms with Gasteiger partial charge in [0.05, 0.1) is 17.4 Å². The number of aliphatic hydroxyl groups excluding tert-OH is 1. The number of anilines is 1. The summed E-state index contributed by atoms with van der Waals surface area (Å²) in [6, 6.07) is 5.57. The van der Waals surface area contributed by atoms with E-state index < -0.39 is 12.0 Å². The minimum atomic E-state index is -0.482. The number of primary amides is 1. The fraction of sp³-hybridized carbons (Fsp3) is 0.455.